The molecule has 7 nitrogen and oxygen atoms in total. The SMILES string of the molecule is COC(=O)c1cc(Br)c2c(c1C)OC(C)([C@H]1CC[C@H](CNC(=O)OC(C)(C)C)CC1)O2. The number of hydrogen-bond donors (Lipinski definition) is 1. The van der Waals surface area contributed by atoms with Crippen molar-refractivity contribution >= 4 is 28.0 Å². The van der Waals surface area contributed by atoms with Crippen LogP contribution in [0.5, 0.6) is 11.5 Å². The summed E-state index contributed by atoms with van der Waals surface area (Å²) in [7, 11) is 1.36. The first-order valence-electron chi connectivity index (χ1n) is 10.7. The molecule has 8 heteroatoms. The fourth-order valence-corrected chi connectivity index (χ4v) is 4.76. The highest BCUT2D eigenvalue weighted by Gasteiger charge is 2.47. The van der Waals surface area contributed by atoms with Crippen molar-refractivity contribution < 1.29 is 28.5 Å². The maximum absolute atomic E-state index is 12.1. The van der Waals surface area contributed by atoms with E-state index in [9.17, 15) is 9.59 Å². The molecule has 1 unspecified atom stereocenters. The van der Waals surface area contributed by atoms with Crippen LogP contribution in [0.2, 0.25) is 0 Å². The molecule has 0 bridgehead atoms. The molecule has 1 aromatic carbocycles. The molecule has 1 amide bonds. The van der Waals surface area contributed by atoms with Gasteiger partial charge < -0.3 is 24.3 Å². The number of alkyl carbamates (subject to hydrolysis) is 1. The molecule has 1 atom stereocenters. The predicted octanol–water partition coefficient (Wildman–Crippen LogP) is 5.36. The number of nitrogens with one attached hydrogen (secondary N) is 1. The zero-order valence-electron chi connectivity index (χ0n) is 19.1. The van der Waals surface area contributed by atoms with Crippen LogP contribution < -0.4 is 14.8 Å². The lowest BCUT2D eigenvalue weighted by molar-refractivity contribution is -0.123. The number of benzene rings is 1. The minimum atomic E-state index is -0.798. The van der Waals surface area contributed by atoms with E-state index >= 15 is 0 Å². The zero-order chi connectivity index (χ0) is 23.0. The molecule has 2 aliphatic rings. The monoisotopic (exact) mass is 497 g/mol. The normalized spacial score (nSPS) is 25.1. The second-order valence-corrected chi connectivity index (χ2v) is 10.4. The quantitative estimate of drug-likeness (QED) is 0.563. The highest BCUT2D eigenvalue weighted by molar-refractivity contribution is 9.10. The fourth-order valence-electron chi connectivity index (χ4n) is 4.27. The lowest BCUT2D eigenvalue weighted by atomic mass is 9.78. The van der Waals surface area contributed by atoms with Gasteiger partial charge in [-0.2, -0.15) is 0 Å². The molecule has 1 N–H and O–H groups in total. The first-order chi connectivity index (χ1) is 14.4. The molecule has 0 spiro atoms. The van der Waals surface area contributed by atoms with Gasteiger partial charge in [0, 0.05) is 24.9 Å². The zero-order valence-corrected chi connectivity index (χ0v) is 20.7. The number of hydrogen-bond acceptors (Lipinski definition) is 6. The Bertz CT molecular complexity index is 857. The van der Waals surface area contributed by atoms with Crippen molar-refractivity contribution in [3.8, 4) is 11.5 Å². The Morgan fingerprint density at radius 2 is 1.81 bits per heavy atom. The van der Waals surface area contributed by atoms with Crippen molar-refractivity contribution in [2.45, 2.75) is 71.7 Å². The van der Waals surface area contributed by atoms with Gasteiger partial charge in [-0.3, -0.25) is 0 Å². The van der Waals surface area contributed by atoms with Crippen LogP contribution in [0.25, 0.3) is 0 Å². The standard InChI is InChI=1S/C23H32BrNO6/c1-13-16(20(26)28-6)11-17(24)19-18(13)29-23(5,30-19)15-9-7-14(8-10-15)12-25-21(27)31-22(2,3)4/h11,14-15H,7-10,12H2,1-6H3,(H,25,27)/t14-,15-,23?. The molecule has 1 aromatic rings. The first-order valence-corrected chi connectivity index (χ1v) is 11.5. The Kier molecular flexibility index (Phi) is 6.79. The second-order valence-electron chi connectivity index (χ2n) is 9.50. The highest BCUT2D eigenvalue weighted by atomic mass is 79.9. The molecule has 1 saturated carbocycles. The van der Waals surface area contributed by atoms with Gasteiger partial charge >= 0.3 is 12.1 Å². The molecule has 1 fully saturated rings. The smallest absolute Gasteiger partial charge is 0.407 e. The highest BCUT2D eigenvalue weighted by Crippen LogP contribution is 2.52. The van der Waals surface area contributed by atoms with Crippen LogP contribution in [0.1, 0.15) is 69.3 Å². The Morgan fingerprint density at radius 1 is 1.19 bits per heavy atom. The van der Waals surface area contributed by atoms with Crippen molar-refractivity contribution in [1.29, 1.82) is 0 Å². The van der Waals surface area contributed by atoms with Crippen LogP contribution in [0.4, 0.5) is 4.79 Å². The molecular formula is C23H32BrNO6. The number of amides is 1. The van der Waals surface area contributed by atoms with Gasteiger partial charge in [0.2, 0.25) is 0 Å². The first kappa shape index (κ1) is 23.7. The maximum atomic E-state index is 12.1. The molecule has 172 valence electrons. The van der Waals surface area contributed by atoms with Gasteiger partial charge in [0.05, 0.1) is 17.1 Å². The van der Waals surface area contributed by atoms with Gasteiger partial charge in [0.1, 0.15) is 5.60 Å². The number of halogens is 1. The van der Waals surface area contributed by atoms with Gasteiger partial charge in [-0.15, -0.1) is 0 Å². The van der Waals surface area contributed by atoms with E-state index in [2.05, 4.69) is 21.2 Å². The van der Waals surface area contributed by atoms with Gasteiger partial charge in [-0.1, -0.05) is 0 Å². The topological polar surface area (TPSA) is 83.1 Å². The van der Waals surface area contributed by atoms with Gasteiger partial charge in [0.25, 0.3) is 5.79 Å². The number of carbonyl (C=O) groups excluding carboxylic acids is 2. The van der Waals surface area contributed by atoms with E-state index in [1.54, 1.807) is 6.07 Å². The number of methoxy groups -OCH3 is 1. The number of carbonyl (C=O) groups is 2. The van der Waals surface area contributed by atoms with Gasteiger partial charge in [-0.05, 0) is 81.3 Å². The number of ether oxygens (including phenoxy) is 4. The summed E-state index contributed by atoms with van der Waals surface area (Å²) in [5, 5.41) is 2.88. The minimum absolute atomic E-state index is 0.200. The summed E-state index contributed by atoms with van der Waals surface area (Å²) in [6.45, 7) is 9.96. The van der Waals surface area contributed by atoms with Crippen molar-refractivity contribution in [3.63, 3.8) is 0 Å². The summed E-state index contributed by atoms with van der Waals surface area (Å²) >= 11 is 3.50. The number of esters is 1. The third-order valence-corrected chi connectivity index (χ3v) is 6.56. The van der Waals surface area contributed by atoms with Crippen LogP contribution in [-0.4, -0.2) is 37.1 Å². The predicted molar refractivity (Wildman–Crippen MR) is 120 cm³/mol. The molecule has 1 aliphatic heterocycles. The average molecular weight is 498 g/mol. The summed E-state index contributed by atoms with van der Waals surface area (Å²) in [4.78, 5) is 24.0. The van der Waals surface area contributed by atoms with Crippen molar-refractivity contribution in [2.75, 3.05) is 13.7 Å². The Labute approximate surface area is 192 Å². The molecule has 1 aliphatic carbocycles. The summed E-state index contributed by atoms with van der Waals surface area (Å²) in [5.41, 5.74) is 0.671. The fraction of sp³-hybridized carbons (Fsp3) is 0.652. The van der Waals surface area contributed by atoms with E-state index < -0.39 is 17.4 Å². The molecule has 1 heterocycles. The third-order valence-electron chi connectivity index (χ3n) is 5.98. The van der Waals surface area contributed by atoms with Crippen LogP contribution in [-0.2, 0) is 9.47 Å². The van der Waals surface area contributed by atoms with Crippen LogP contribution in [0.3, 0.4) is 0 Å². The summed E-state index contributed by atoms with van der Waals surface area (Å²) in [5.74, 6) is 0.609. The Balaban J connectivity index is 1.61. The maximum Gasteiger partial charge on any atom is 0.407 e. The van der Waals surface area contributed by atoms with Gasteiger partial charge in [-0.25, -0.2) is 9.59 Å². The molecule has 0 saturated heterocycles. The minimum Gasteiger partial charge on any atom is -0.465 e. The van der Waals surface area contributed by atoms with E-state index in [-0.39, 0.29) is 12.0 Å². The Morgan fingerprint density at radius 3 is 2.39 bits per heavy atom. The third kappa shape index (κ3) is 5.27. The Hall–Kier alpha value is -1.96. The average Bonchev–Trinajstić information content (AvgIpc) is 3.07. The lowest BCUT2D eigenvalue weighted by Crippen LogP contribution is -2.45. The summed E-state index contributed by atoms with van der Waals surface area (Å²) in [6, 6.07) is 1.72. The van der Waals surface area contributed by atoms with Gasteiger partial charge in [0.15, 0.2) is 11.5 Å². The largest absolute Gasteiger partial charge is 0.465 e. The van der Waals surface area contributed by atoms with E-state index in [0.717, 1.165) is 25.7 Å². The van der Waals surface area contributed by atoms with Crippen LogP contribution in [0.15, 0.2) is 10.5 Å². The van der Waals surface area contributed by atoms with E-state index in [1.165, 1.54) is 7.11 Å². The number of fused-ring (bicyclic) bond motifs is 1. The molecule has 0 aromatic heterocycles. The molecule has 0 radical (unpaired) electrons. The van der Waals surface area contributed by atoms with E-state index in [0.29, 0.717) is 39.6 Å². The number of rotatable bonds is 4. The summed E-state index contributed by atoms with van der Waals surface area (Å²) < 4.78 is 23.5. The van der Waals surface area contributed by atoms with Crippen molar-refractivity contribution in [1.82, 2.24) is 5.32 Å². The second kappa shape index (κ2) is 8.88. The van der Waals surface area contributed by atoms with Crippen LogP contribution >= 0.6 is 15.9 Å². The summed E-state index contributed by atoms with van der Waals surface area (Å²) in [6.07, 6.45) is 3.40. The van der Waals surface area contributed by atoms with Crippen molar-refractivity contribution in [3.05, 3.63) is 21.7 Å². The van der Waals surface area contributed by atoms with E-state index in [4.69, 9.17) is 18.9 Å². The van der Waals surface area contributed by atoms with Crippen LogP contribution in [0, 0.1) is 18.8 Å². The lowest BCUT2D eigenvalue weighted by Gasteiger charge is -2.37. The molecule has 31 heavy (non-hydrogen) atoms. The van der Waals surface area contributed by atoms with E-state index in [1.807, 2.05) is 34.6 Å². The molecular weight excluding hydrogens is 466 g/mol. The van der Waals surface area contributed by atoms with Crippen molar-refractivity contribution in [2.24, 2.45) is 11.8 Å². The molecule has 3 rings (SSSR count).